The van der Waals surface area contributed by atoms with Gasteiger partial charge in [-0.3, -0.25) is 4.68 Å². The fourth-order valence-electron chi connectivity index (χ4n) is 1.83. The molecule has 1 saturated carbocycles. The van der Waals surface area contributed by atoms with Crippen molar-refractivity contribution in [3.63, 3.8) is 0 Å². The van der Waals surface area contributed by atoms with Crippen LogP contribution in [0.5, 0.6) is 0 Å². The van der Waals surface area contributed by atoms with Crippen molar-refractivity contribution in [3.8, 4) is 0 Å². The molecule has 1 heterocycles. The van der Waals surface area contributed by atoms with Crippen molar-refractivity contribution in [2.45, 2.75) is 39.3 Å². The van der Waals surface area contributed by atoms with E-state index in [-0.39, 0.29) is 5.41 Å². The van der Waals surface area contributed by atoms with E-state index in [1.54, 1.807) is 0 Å². The van der Waals surface area contributed by atoms with E-state index in [4.69, 9.17) is 0 Å². The molecular formula is C12H21N3O. The maximum atomic E-state index is 9.23. The molecule has 0 spiro atoms. The zero-order valence-corrected chi connectivity index (χ0v) is 10.1. The normalized spacial score (nSPS) is 19.7. The van der Waals surface area contributed by atoms with Crippen molar-refractivity contribution in [2.75, 3.05) is 13.2 Å². The molecule has 1 aromatic heterocycles. The van der Waals surface area contributed by atoms with Gasteiger partial charge in [0.15, 0.2) is 0 Å². The molecule has 0 aliphatic heterocycles. The predicted molar refractivity (Wildman–Crippen MR) is 63.1 cm³/mol. The molecule has 4 heteroatoms. The van der Waals surface area contributed by atoms with E-state index >= 15 is 0 Å². The van der Waals surface area contributed by atoms with Crippen molar-refractivity contribution in [3.05, 3.63) is 18.0 Å². The molecule has 1 aromatic rings. The lowest BCUT2D eigenvalue weighted by atomic mass is 10.1. The summed E-state index contributed by atoms with van der Waals surface area (Å²) in [5.41, 5.74) is 1.39. The number of aromatic nitrogens is 2. The lowest BCUT2D eigenvalue weighted by Gasteiger charge is -2.17. The van der Waals surface area contributed by atoms with Gasteiger partial charge in [0, 0.05) is 42.9 Å². The molecule has 4 nitrogen and oxygen atoms in total. The Morgan fingerprint density at radius 3 is 2.88 bits per heavy atom. The van der Waals surface area contributed by atoms with E-state index in [1.165, 1.54) is 5.56 Å². The van der Waals surface area contributed by atoms with Crippen LogP contribution in [0.15, 0.2) is 12.4 Å². The Bertz CT molecular complexity index is 344. The van der Waals surface area contributed by atoms with Gasteiger partial charge >= 0.3 is 0 Å². The van der Waals surface area contributed by atoms with E-state index in [0.717, 1.165) is 25.9 Å². The molecule has 2 N–H and O–H groups in total. The van der Waals surface area contributed by atoms with Gasteiger partial charge in [-0.15, -0.1) is 0 Å². The van der Waals surface area contributed by atoms with E-state index in [2.05, 4.69) is 30.5 Å². The summed E-state index contributed by atoms with van der Waals surface area (Å²) in [5, 5.41) is 17.0. The van der Waals surface area contributed by atoms with Crippen molar-refractivity contribution in [1.29, 1.82) is 0 Å². The molecule has 0 bridgehead atoms. The largest absolute Gasteiger partial charge is 0.396 e. The van der Waals surface area contributed by atoms with Crippen LogP contribution in [0.25, 0.3) is 0 Å². The van der Waals surface area contributed by atoms with Gasteiger partial charge in [0.2, 0.25) is 0 Å². The fourth-order valence-corrected chi connectivity index (χ4v) is 1.83. The van der Waals surface area contributed by atoms with E-state index in [9.17, 15) is 5.11 Å². The van der Waals surface area contributed by atoms with E-state index in [1.807, 2.05) is 10.9 Å². The summed E-state index contributed by atoms with van der Waals surface area (Å²) in [6.07, 6.45) is 6.30. The zero-order chi connectivity index (χ0) is 11.6. The first-order valence-electron chi connectivity index (χ1n) is 6.06. The molecule has 90 valence electrons. The molecule has 0 saturated heterocycles. The quantitative estimate of drug-likeness (QED) is 0.765. The van der Waals surface area contributed by atoms with Gasteiger partial charge < -0.3 is 10.4 Å². The molecule has 2 rings (SSSR count). The van der Waals surface area contributed by atoms with Gasteiger partial charge in [0.05, 0.1) is 6.20 Å². The average Bonchev–Trinajstić information content (AvgIpc) is 2.94. The minimum Gasteiger partial charge on any atom is -0.396 e. The first-order valence-corrected chi connectivity index (χ1v) is 6.06. The molecule has 1 fully saturated rings. The Balaban J connectivity index is 1.85. The van der Waals surface area contributed by atoms with Crippen LogP contribution in [-0.4, -0.2) is 28.0 Å². The molecule has 0 radical (unpaired) electrons. The number of aliphatic hydroxyl groups excluding tert-OH is 1. The first kappa shape index (κ1) is 11.6. The van der Waals surface area contributed by atoms with Gasteiger partial charge in [-0.1, -0.05) is 0 Å². The smallest absolute Gasteiger partial charge is 0.0537 e. The highest BCUT2D eigenvalue weighted by atomic mass is 16.3. The van der Waals surface area contributed by atoms with Crippen LogP contribution in [0, 0.1) is 5.41 Å². The molecule has 0 amide bonds. The third-order valence-corrected chi connectivity index (χ3v) is 3.55. The van der Waals surface area contributed by atoms with Crippen molar-refractivity contribution >= 4 is 0 Å². The number of aryl methyl sites for hydroxylation is 1. The topological polar surface area (TPSA) is 50.1 Å². The second-order valence-electron chi connectivity index (χ2n) is 4.89. The second kappa shape index (κ2) is 4.55. The maximum Gasteiger partial charge on any atom is 0.0537 e. The maximum absolute atomic E-state index is 9.23. The molecule has 0 aromatic carbocycles. The molecular weight excluding hydrogens is 202 g/mol. The van der Waals surface area contributed by atoms with Crippen LogP contribution in [-0.2, 0) is 6.54 Å². The molecule has 1 atom stereocenters. The summed E-state index contributed by atoms with van der Waals surface area (Å²) in [5.74, 6) is 0. The number of aliphatic hydroxyl groups is 1. The number of hydrogen-bond donors (Lipinski definition) is 2. The predicted octanol–water partition coefficient (Wildman–Crippen LogP) is 1.33. The second-order valence-corrected chi connectivity index (χ2v) is 4.89. The van der Waals surface area contributed by atoms with Gasteiger partial charge in [0.1, 0.15) is 0 Å². The minimum absolute atomic E-state index is 0.176. The first-order chi connectivity index (χ1) is 7.69. The highest BCUT2D eigenvalue weighted by molar-refractivity contribution is 5.09. The van der Waals surface area contributed by atoms with Gasteiger partial charge in [0.25, 0.3) is 0 Å². The third kappa shape index (κ3) is 2.44. The summed E-state index contributed by atoms with van der Waals surface area (Å²) in [6, 6.07) is 0.310. The van der Waals surface area contributed by atoms with Crippen LogP contribution in [0.4, 0.5) is 0 Å². The van der Waals surface area contributed by atoms with Crippen LogP contribution >= 0.6 is 0 Å². The minimum atomic E-state index is 0.176. The van der Waals surface area contributed by atoms with E-state index < -0.39 is 0 Å². The Morgan fingerprint density at radius 1 is 1.62 bits per heavy atom. The van der Waals surface area contributed by atoms with Gasteiger partial charge in [-0.05, 0) is 26.7 Å². The van der Waals surface area contributed by atoms with E-state index in [0.29, 0.717) is 12.6 Å². The SMILES string of the molecule is CCn1cc(C(C)NCC2(CO)CC2)cn1. The summed E-state index contributed by atoms with van der Waals surface area (Å²) in [7, 11) is 0. The van der Waals surface area contributed by atoms with Crippen LogP contribution in [0.3, 0.4) is 0 Å². The Kier molecular flexibility index (Phi) is 3.30. The highest BCUT2D eigenvalue weighted by Gasteiger charge is 2.41. The Morgan fingerprint density at radius 2 is 2.38 bits per heavy atom. The van der Waals surface area contributed by atoms with Crippen LogP contribution in [0.2, 0.25) is 0 Å². The molecule has 1 aliphatic rings. The van der Waals surface area contributed by atoms with Crippen molar-refractivity contribution in [2.24, 2.45) is 5.41 Å². The van der Waals surface area contributed by atoms with Gasteiger partial charge in [-0.2, -0.15) is 5.10 Å². The average molecular weight is 223 g/mol. The van der Waals surface area contributed by atoms with Crippen LogP contribution < -0.4 is 5.32 Å². The fraction of sp³-hybridized carbons (Fsp3) is 0.750. The molecule has 1 unspecified atom stereocenters. The van der Waals surface area contributed by atoms with Gasteiger partial charge in [-0.25, -0.2) is 0 Å². The Hall–Kier alpha value is -0.870. The summed E-state index contributed by atoms with van der Waals surface area (Å²) in [4.78, 5) is 0. The van der Waals surface area contributed by atoms with Crippen molar-refractivity contribution in [1.82, 2.24) is 15.1 Å². The number of rotatable bonds is 6. The number of hydrogen-bond acceptors (Lipinski definition) is 3. The number of nitrogens with one attached hydrogen (secondary N) is 1. The zero-order valence-electron chi connectivity index (χ0n) is 10.1. The number of nitrogens with zero attached hydrogens (tertiary/aromatic N) is 2. The summed E-state index contributed by atoms with van der Waals surface area (Å²) >= 11 is 0. The lowest BCUT2D eigenvalue weighted by Crippen LogP contribution is -2.28. The molecule has 1 aliphatic carbocycles. The summed E-state index contributed by atoms with van der Waals surface area (Å²) < 4.78 is 1.94. The van der Waals surface area contributed by atoms with Crippen molar-refractivity contribution < 1.29 is 5.11 Å². The molecule has 16 heavy (non-hydrogen) atoms. The Labute approximate surface area is 96.7 Å². The third-order valence-electron chi connectivity index (χ3n) is 3.55. The monoisotopic (exact) mass is 223 g/mol. The summed E-state index contributed by atoms with van der Waals surface area (Å²) in [6.45, 7) is 6.35. The van der Waals surface area contributed by atoms with Crippen LogP contribution in [0.1, 0.15) is 38.3 Å². The lowest BCUT2D eigenvalue weighted by molar-refractivity contribution is 0.204. The highest BCUT2D eigenvalue weighted by Crippen LogP contribution is 2.44. The standard InChI is InChI=1S/C12H21N3O/c1-3-15-7-11(6-14-15)10(2)13-8-12(9-16)4-5-12/h6-7,10,13,16H,3-5,8-9H2,1-2H3.